The number of aryl methyl sites for hydroxylation is 1. The molecule has 0 fully saturated rings. The second-order valence-corrected chi connectivity index (χ2v) is 7.25. The van der Waals surface area contributed by atoms with E-state index in [1.165, 1.54) is 0 Å². The van der Waals surface area contributed by atoms with Gasteiger partial charge in [-0.05, 0) is 73.2 Å². The minimum Gasteiger partial charge on any atom is -0.497 e. The molecule has 150 valence electrons. The summed E-state index contributed by atoms with van der Waals surface area (Å²) in [5.74, 6) is 1.30. The van der Waals surface area contributed by atoms with Crippen LogP contribution in [0.5, 0.6) is 5.75 Å². The molecule has 0 radical (unpaired) electrons. The Morgan fingerprint density at radius 3 is 2.43 bits per heavy atom. The van der Waals surface area contributed by atoms with Crippen LogP contribution in [0.1, 0.15) is 15.9 Å². The molecule has 0 saturated carbocycles. The molecule has 1 aromatic heterocycles. The first-order chi connectivity index (χ1) is 14.5. The highest BCUT2D eigenvalue weighted by molar-refractivity contribution is 6.34. The lowest BCUT2D eigenvalue weighted by Gasteiger charge is -2.12. The molecule has 0 aliphatic rings. The lowest BCUT2D eigenvalue weighted by molar-refractivity contribution is 0.102. The highest BCUT2D eigenvalue weighted by Gasteiger charge is 2.11. The largest absolute Gasteiger partial charge is 0.497 e. The minimum absolute atomic E-state index is 0.247. The predicted molar refractivity (Wildman–Crippen MR) is 122 cm³/mol. The molecule has 0 aliphatic carbocycles. The van der Waals surface area contributed by atoms with E-state index in [4.69, 9.17) is 21.3 Å². The van der Waals surface area contributed by atoms with Crippen LogP contribution in [0.25, 0.3) is 10.9 Å². The maximum Gasteiger partial charge on any atom is 0.257 e. The lowest BCUT2D eigenvalue weighted by atomic mass is 10.1. The van der Waals surface area contributed by atoms with E-state index in [9.17, 15) is 4.79 Å². The number of rotatable bonds is 5. The highest BCUT2D eigenvalue weighted by atomic mass is 35.5. The molecule has 0 atom stereocenters. The molecule has 4 rings (SSSR count). The van der Waals surface area contributed by atoms with Crippen molar-refractivity contribution in [3.63, 3.8) is 0 Å². The van der Waals surface area contributed by atoms with Crippen molar-refractivity contribution in [2.45, 2.75) is 6.92 Å². The van der Waals surface area contributed by atoms with E-state index >= 15 is 0 Å². The van der Waals surface area contributed by atoms with Gasteiger partial charge < -0.3 is 15.4 Å². The molecule has 0 bridgehead atoms. The van der Waals surface area contributed by atoms with Crippen LogP contribution in [-0.4, -0.2) is 18.0 Å². The van der Waals surface area contributed by atoms with E-state index in [1.54, 1.807) is 31.4 Å². The van der Waals surface area contributed by atoms with Crippen LogP contribution in [-0.2, 0) is 0 Å². The zero-order chi connectivity index (χ0) is 21.1. The summed E-state index contributed by atoms with van der Waals surface area (Å²) in [5.41, 5.74) is 3.93. The zero-order valence-electron chi connectivity index (χ0n) is 16.6. The molecule has 2 N–H and O–H groups in total. The van der Waals surface area contributed by atoms with Crippen LogP contribution in [0.4, 0.5) is 17.2 Å². The first kappa shape index (κ1) is 19.7. The summed E-state index contributed by atoms with van der Waals surface area (Å²) in [6, 6.07) is 22.3. The van der Waals surface area contributed by atoms with E-state index < -0.39 is 0 Å². The van der Waals surface area contributed by atoms with Crippen molar-refractivity contribution in [1.82, 2.24) is 4.98 Å². The van der Waals surface area contributed by atoms with Gasteiger partial charge in [0.1, 0.15) is 11.6 Å². The molecule has 1 amide bonds. The highest BCUT2D eigenvalue weighted by Crippen LogP contribution is 2.26. The average molecular weight is 418 g/mol. The van der Waals surface area contributed by atoms with Gasteiger partial charge in [-0.15, -0.1) is 0 Å². The monoisotopic (exact) mass is 417 g/mol. The number of halogens is 1. The normalized spacial score (nSPS) is 10.6. The number of amides is 1. The number of nitrogens with zero attached hydrogens (tertiary/aromatic N) is 1. The van der Waals surface area contributed by atoms with E-state index in [1.807, 2.05) is 55.5 Å². The van der Waals surface area contributed by atoms with Gasteiger partial charge in [0.25, 0.3) is 5.91 Å². The van der Waals surface area contributed by atoms with Gasteiger partial charge in [0.15, 0.2) is 0 Å². The Labute approximate surface area is 179 Å². The molecule has 30 heavy (non-hydrogen) atoms. The van der Waals surface area contributed by atoms with E-state index in [2.05, 4.69) is 10.6 Å². The summed E-state index contributed by atoms with van der Waals surface area (Å²) in [4.78, 5) is 17.2. The van der Waals surface area contributed by atoms with Crippen molar-refractivity contribution in [2.75, 3.05) is 17.7 Å². The number of aromatic nitrogens is 1. The number of benzene rings is 3. The summed E-state index contributed by atoms with van der Waals surface area (Å²) in [7, 11) is 1.64. The SMILES string of the molecule is COc1ccc(Nc2cc(C)c3cc(NC(=O)c4ccccc4Cl)ccc3n2)cc1. The summed E-state index contributed by atoms with van der Waals surface area (Å²) in [6.45, 7) is 2.02. The molecule has 6 heteroatoms. The Hall–Kier alpha value is -3.57. The van der Waals surface area contributed by atoms with Crippen LogP contribution in [0, 0.1) is 6.92 Å². The Morgan fingerprint density at radius 1 is 0.967 bits per heavy atom. The number of ether oxygens (including phenoxy) is 1. The topological polar surface area (TPSA) is 63.2 Å². The Morgan fingerprint density at radius 2 is 1.70 bits per heavy atom. The lowest BCUT2D eigenvalue weighted by Crippen LogP contribution is -2.12. The molecule has 1 heterocycles. The fourth-order valence-corrected chi connectivity index (χ4v) is 3.42. The Bertz CT molecular complexity index is 1220. The second-order valence-electron chi connectivity index (χ2n) is 6.84. The number of anilines is 3. The number of hydrogen-bond acceptors (Lipinski definition) is 4. The summed E-state index contributed by atoms with van der Waals surface area (Å²) < 4.78 is 5.19. The first-order valence-electron chi connectivity index (χ1n) is 9.42. The summed E-state index contributed by atoms with van der Waals surface area (Å²) in [6.07, 6.45) is 0. The van der Waals surface area contributed by atoms with Gasteiger partial charge in [-0.3, -0.25) is 4.79 Å². The molecular weight excluding hydrogens is 398 g/mol. The van der Waals surface area contributed by atoms with Gasteiger partial charge in [0.05, 0.1) is 23.2 Å². The third-order valence-corrected chi connectivity index (χ3v) is 5.08. The molecule has 3 aromatic carbocycles. The van der Waals surface area contributed by atoms with Crippen molar-refractivity contribution in [1.29, 1.82) is 0 Å². The number of hydrogen-bond donors (Lipinski definition) is 2. The standard InChI is InChI=1S/C24H20ClN3O2/c1-15-13-23(26-16-7-10-18(30-2)11-8-16)28-22-12-9-17(14-20(15)22)27-24(29)19-5-3-4-6-21(19)25/h3-14H,1-2H3,(H,26,28)(H,27,29). The molecule has 0 unspecified atom stereocenters. The van der Waals surface area contributed by atoms with Gasteiger partial charge in [-0.1, -0.05) is 23.7 Å². The smallest absolute Gasteiger partial charge is 0.257 e. The third kappa shape index (κ3) is 4.21. The van der Waals surface area contributed by atoms with Crippen molar-refractivity contribution in [2.24, 2.45) is 0 Å². The van der Waals surface area contributed by atoms with Crippen LogP contribution in [0.3, 0.4) is 0 Å². The van der Waals surface area contributed by atoms with Crippen LogP contribution < -0.4 is 15.4 Å². The summed E-state index contributed by atoms with van der Waals surface area (Å²) >= 11 is 6.12. The maximum atomic E-state index is 12.5. The predicted octanol–water partition coefficient (Wildman–Crippen LogP) is 6.20. The fourth-order valence-electron chi connectivity index (χ4n) is 3.20. The van der Waals surface area contributed by atoms with Crippen molar-refractivity contribution < 1.29 is 9.53 Å². The first-order valence-corrected chi connectivity index (χ1v) is 9.79. The van der Waals surface area contributed by atoms with Crippen LogP contribution in [0.2, 0.25) is 5.02 Å². The van der Waals surface area contributed by atoms with Crippen molar-refractivity contribution in [3.05, 3.63) is 88.9 Å². The molecular formula is C24H20ClN3O2. The van der Waals surface area contributed by atoms with Gasteiger partial charge in [-0.25, -0.2) is 4.98 Å². The molecule has 0 spiro atoms. The van der Waals surface area contributed by atoms with Crippen LogP contribution in [0.15, 0.2) is 72.8 Å². The minimum atomic E-state index is -0.247. The van der Waals surface area contributed by atoms with Crippen molar-refractivity contribution in [3.8, 4) is 5.75 Å². The van der Waals surface area contributed by atoms with Gasteiger partial charge in [0, 0.05) is 16.8 Å². The van der Waals surface area contributed by atoms with Gasteiger partial charge in [-0.2, -0.15) is 0 Å². The van der Waals surface area contributed by atoms with E-state index in [0.717, 1.165) is 33.7 Å². The number of carbonyl (C=O) groups excluding carboxylic acids is 1. The van der Waals surface area contributed by atoms with E-state index in [0.29, 0.717) is 16.3 Å². The molecule has 5 nitrogen and oxygen atoms in total. The number of methoxy groups -OCH3 is 1. The summed E-state index contributed by atoms with van der Waals surface area (Å²) in [5, 5.41) is 7.60. The second kappa shape index (κ2) is 8.43. The van der Waals surface area contributed by atoms with E-state index in [-0.39, 0.29) is 5.91 Å². The quantitative estimate of drug-likeness (QED) is 0.405. The number of pyridine rings is 1. The zero-order valence-corrected chi connectivity index (χ0v) is 17.3. The Balaban J connectivity index is 1.57. The number of fused-ring (bicyclic) bond motifs is 1. The molecule has 0 saturated heterocycles. The van der Waals surface area contributed by atoms with Crippen molar-refractivity contribution >= 4 is 45.6 Å². The van der Waals surface area contributed by atoms with Crippen LogP contribution >= 0.6 is 11.6 Å². The fraction of sp³-hybridized carbons (Fsp3) is 0.0833. The molecule has 4 aromatic rings. The number of nitrogens with one attached hydrogen (secondary N) is 2. The van der Waals surface area contributed by atoms with Gasteiger partial charge in [0.2, 0.25) is 0 Å². The average Bonchev–Trinajstić information content (AvgIpc) is 2.75. The van der Waals surface area contributed by atoms with Gasteiger partial charge >= 0.3 is 0 Å². The maximum absolute atomic E-state index is 12.5. The third-order valence-electron chi connectivity index (χ3n) is 4.75. The molecule has 0 aliphatic heterocycles. The number of carbonyl (C=O) groups is 1. The Kier molecular flexibility index (Phi) is 5.55.